The number of carbonyl (C=O) groups excluding carboxylic acids is 4. The Morgan fingerprint density at radius 3 is 2.43 bits per heavy atom. The number of halogens is 1. The summed E-state index contributed by atoms with van der Waals surface area (Å²) in [6, 6.07) is 11.7. The average molecular weight is 622 g/mol. The lowest BCUT2D eigenvalue weighted by molar-refractivity contribution is -0.122. The molecule has 2 heterocycles. The van der Waals surface area contributed by atoms with Gasteiger partial charge in [0.25, 0.3) is 11.8 Å². The maximum atomic E-state index is 13.1. The number of amides is 3. The van der Waals surface area contributed by atoms with Gasteiger partial charge in [-0.3, -0.25) is 24.2 Å². The predicted molar refractivity (Wildman–Crippen MR) is 168 cm³/mol. The number of ether oxygens (including phenoxy) is 2. The number of nitrogens with two attached hydrogens (primary N) is 2. The molecule has 0 aromatic heterocycles. The number of carbonyl (C=O) groups is 4. The molecule has 3 amide bonds. The monoisotopic (exact) mass is 621 g/mol. The summed E-state index contributed by atoms with van der Waals surface area (Å²) >= 11 is 6.05. The van der Waals surface area contributed by atoms with Crippen LogP contribution in [0.1, 0.15) is 63.2 Å². The van der Waals surface area contributed by atoms with Crippen molar-refractivity contribution >= 4 is 57.4 Å². The van der Waals surface area contributed by atoms with E-state index in [1.165, 1.54) is 24.1 Å². The first kappa shape index (κ1) is 31.1. The SMILES string of the molecule is COc1cc(N)c(Cl)cc1C(=O)OCCN1CCC(NC(=O)CCCCN2C(=O)c3cccc4c(N)ccc(c34)C2=O)CC1. The molecule has 44 heavy (non-hydrogen) atoms. The summed E-state index contributed by atoms with van der Waals surface area (Å²) in [6.45, 7) is 2.54. The van der Waals surface area contributed by atoms with E-state index in [0.29, 0.717) is 64.8 Å². The summed E-state index contributed by atoms with van der Waals surface area (Å²) in [5.41, 5.74) is 13.8. The van der Waals surface area contributed by atoms with Gasteiger partial charge in [0.15, 0.2) is 0 Å². The van der Waals surface area contributed by atoms with Gasteiger partial charge < -0.3 is 26.3 Å². The molecule has 12 heteroatoms. The van der Waals surface area contributed by atoms with Crippen molar-refractivity contribution in [1.82, 2.24) is 15.1 Å². The molecule has 0 aliphatic carbocycles. The molecular formula is C32H36ClN5O6. The number of anilines is 2. The van der Waals surface area contributed by atoms with Gasteiger partial charge in [-0.2, -0.15) is 0 Å². The summed E-state index contributed by atoms with van der Waals surface area (Å²) < 4.78 is 10.6. The van der Waals surface area contributed by atoms with E-state index in [1.54, 1.807) is 24.3 Å². The number of unbranched alkanes of at least 4 members (excludes halogenated alkanes) is 1. The third-order valence-corrected chi connectivity index (χ3v) is 8.52. The number of methoxy groups -OCH3 is 1. The second-order valence-corrected chi connectivity index (χ2v) is 11.5. The zero-order valence-electron chi connectivity index (χ0n) is 24.6. The van der Waals surface area contributed by atoms with E-state index in [-0.39, 0.29) is 47.5 Å². The molecule has 2 aliphatic heterocycles. The van der Waals surface area contributed by atoms with Crippen molar-refractivity contribution in [2.75, 3.05) is 51.4 Å². The van der Waals surface area contributed by atoms with Crippen LogP contribution in [-0.4, -0.2) is 79.4 Å². The van der Waals surface area contributed by atoms with Gasteiger partial charge in [-0.25, -0.2) is 4.79 Å². The Hall–Kier alpha value is -4.35. The number of nitrogens with one attached hydrogen (secondary N) is 1. The first-order valence-corrected chi connectivity index (χ1v) is 15.0. The number of hydrogen-bond donors (Lipinski definition) is 3. The highest BCUT2D eigenvalue weighted by atomic mass is 35.5. The fraction of sp³-hybridized carbons (Fsp3) is 0.375. The first-order chi connectivity index (χ1) is 21.2. The molecule has 2 aliphatic rings. The Labute approximate surface area is 260 Å². The normalized spacial score (nSPS) is 15.5. The van der Waals surface area contributed by atoms with Crippen molar-refractivity contribution in [3.05, 3.63) is 64.2 Å². The molecule has 5 N–H and O–H groups in total. The van der Waals surface area contributed by atoms with E-state index in [9.17, 15) is 19.2 Å². The molecule has 3 aromatic rings. The molecule has 3 aromatic carbocycles. The first-order valence-electron chi connectivity index (χ1n) is 14.7. The van der Waals surface area contributed by atoms with Gasteiger partial charge in [0, 0.05) is 72.3 Å². The van der Waals surface area contributed by atoms with Crippen LogP contribution in [0.3, 0.4) is 0 Å². The molecule has 0 bridgehead atoms. The zero-order chi connectivity index (χ0) is 31.4. The van der Waals surface area contributed by atoms with Crippen molar-refractivity contribution in [1.29, 1.82) is 0 Å². The van der Waals surface area contributed by atoms with Crippen LogP contribution < -0.4 is 21.5 Å². The maximum absolute atomic E-state index is 13.1. The minimum atomic E-state index is -0.535. The number of imide groups is 1. The van der Waals surface area contributed by atoms with Crippen LogP contribution in [0.25, 0.3) is 10.8 Å². The predicted octanol–water partition coefficient (Wildman–Crippen LogP) is 3.87. The van der Waals surface area contributed by atoms with Crippen LogP contribution in [0.15, 0.2) is 42.5 Å². The standard InChI is InChI=1S/C32H36ClN5O6/c1-43-27-18-26(35)24(33)17-23(27)32(42)44-16-15-37-13-10-19(11-14-37)36-28(39)7-2-3-12-38-30(40)21-6-4-5-20-25(34)9-8-22(29(20)21)31(38)41/h4-6,8-9,17-19H,2-3,7,10-16,34-35H2,1H3,(H,36,39). The van der Waals surface area contributed by atoms with Crippen molar-refractivity contribution in [3.8, 4) is 5.75 Å². The second kappa shape index (κ2) is 13.5. The molecule has 0 spiro atoms. The highest BCUT2D eigenvalue weighted by Gasteiger charge is 2.32. The van der Waals surface area contributed by atoms with Crippen LogP contribution in [0.2, 0.25) is 5.02 Å². The Bertz CT molecular complexity index is 1580. The van der Waals surface area contributed by atoms with E-state index in [0.717, 1.165) is 25.9 Å². The van der Waals surface area contributed by atoms with Gasteiger partial charge in [-0.15, -0.1) is 0 Å². The molecule has 0 saturated carbocycles. The van der Waals surface area contributed by atoms with Crippen molar-refractivity contribution in [3.63, 3.8) is 0 Å². The lowest BCUT2D eigenvalue weighted by atomic mass is 9.93. The molecule has 0 radical (unpaired) electrons. The lowest BCUT2D eigenvalue weighted by Crippen LogP contribution is -2.45. The number of nitrogen functional groups attached to an aromatic ring is 2. The van der Waals surface area contributed by atoms with Gasteiger partial charge in [0.05, 0.1) is 17.8 Å². The molecule has 1 saturated heterocycles. The Kier molecular flexibility index (Phi) is 9.55. The van der Waals surface area contributed by atoms with E-state index in [1.807, 2.05) is 6.07 Å². The van der Waals surface area contributed by atoms with E-state index in [4.69, 9.17) is 32.5 Å². The minimum Gasteiger partial charge on any atom is -0.496 e. The van der Waals surface area contributed by atoms with Crippen LogP contribution >= 0.6 is 11.6 Å². The number of benzene rings is 3. The molecule has 5 rings (SSSR count). The summed E-state index contributed by atoms with van der Waals surface area (Å²) in [7, 11) is 1.44. The Balaban J connectivity index is 1.00. The fourth-order valence-electron chi connectivity index (χ4n) is 5.77. The smallest absolute Gasteiger partial charge is 0.342 e. The lowest BCUT2D eigenvalue weighted by Gasteiger charge is -2.32. The fourth-order valence-corrected chi connectivity index (χ4v) is 5.93. The van der Waals surface area contributed by atoms with Crippen LogP contribution in [-0.2, 0) is 9.53 Å². The van der Waals surface area contributed by atoms with E-state index >= 15 is 0 Å². The van der Waals surface area contributed by atoms with Crippen molar-refractivity contribution in [2.24, 2.45) is 0 Å². The topological polar surface area (TPSA) is 157 Å². The number of esters is 1. The largest absolute Gasteiger partial charge is 0.496 e. The Morgan fingerprint density at radius 2 is 1.70 bits per heavy atom. The highest BCUT2D eigenvalue weighted by molar-refractivity contribution is 6.33. The number of hydrogen-bond acceptors (Lipinski definition) is 9. The van der Waals surface area contributed by atoms with Crippen molar-refractivity contribution < 1.29 is 28.7 Å². The molecule has 232 valence electrons. The molecule has 0 unspecified atom stereocenters. The average Bonchev–Trinajstić information content (AvgIpc) is 3.02. The summed E-state index contributed by atoms with van der Waals surface area (Å²) in [6.07, 6.45) is 2.96. The second-order valence-electron chi connectivity index (χ2n) is 11.0. The summed E-state index contributed by atoms with van der Waals surface area (Å²) in [5.74, 6) is -0.947. The van der Waals surface area contributed by atoms with Gasteiger partial charge in [0.2, 0.25) is 5.91 Å². The van der Waals surface area contributed by atoms with Crippen LogP contribution in [0.4, 0.5) is 11.4 Å². The van der Waals surface area contributed by atoms with Gasteiger partial charge >= 0.3 is 5.97 Å². The van der Waals surface area contributed by atoms with Crippen LogP contribution in [0, 0.1) is 0 Å². The Morgan fingerprint density at radius 1 is 0.977 bits per heavy atom. The van der Waals surface area contributed by atoms with Gasteiger partial charge in [-0.05, 0) is 49.9 Å². The number of likely N-dealkylation sites (tertiary alicyclic amines) is 1. The van der Waals surface area contributed by atoms with E-state index in [2.05, 4.69) is 10.2 Å². The summed E-state index contributed by atoms with van der Waals surface area (Å²) in [5, 5.41) is 4.66. The molecule has 1 fully saturated rings. The van der Waals surface area contributed by atoms with Crippen LogP contribution in [0.5, 0.6) is 5.75 Å². The molecule has 11 nitrogen and oxygen atoms in total. The maximum Gasteiger partial charge on any atom is 0.342 e. The highest BCUT2D eigenvalue weighted by Crippen LogP contribution is 2.33. The quantitative estimate of drug-likeness (QED) is 0.125. The zero-order valence-corrected chi connectivity index (χ0v) is 25.3. The summed E-state index contributed by atoms with van der Waals surface area (Å²) in [4.78, 5) is 54.8. The number of piperidine rings is 1. The van der Waals surface area contributed by atoms with Gasteiger partial charge in [-0.1, -0.05) is 23.7 Å². The third-order valence-electron chi connectivity index (χ3n) is 8.19. The number of nitrogens with zero attached hydrogens (tertiary/aromatic N) is 2. The molecular weight excluding hydrogens is 586 g/mol. The third kappa shape index (κ3) is 6.58. The number of rotatable bonds is 11. The van der Waals surface area contributed by atoms with E-state index < -0.39 is 5.97 Å². The molecule has 0 atom stereocenters. The van der Waals surface area contributed by atoms with Crippen molar-refractivity contribution in [2.45, 2.75) is 38.1 Å². The minimum absolute atomic E-state index is 0.0460. The van der Waals surface area contributed by atoms with Gasteiger partial charge in [0.1, 0.15) is 17.9 Å².